The summed E-state index contributed by atoms with van der Waals surface area (Å²) in [5.41, 5.74) is 1.67. The lowest BCUT2D eigenvalue weighted by atomic mass is 10.1. The molecule has 0 aromatic heterocycles. The van der Waals surface area contributed by atoms with Gasteiger partial charge in [0.15, 0.2) is 0 Å². The third-order valence-electron chi connectivity index (χ3n) is 4.34. The van der Waals surface area contributed by atoms with E-state index < -0.39 is 11.9 Å². The van der Waals surface area contributed by atoms with Crippen LogP contribution in [0.4, 0.5) is 5.69 Å². The van der Waals surface area contributed by atoms with Gasteiger partial charge in [-0.2, -0.15) is 0 Å². The molecule has 1 heterocycles. The summed E-state index contributed by atoms with van der Waals surface area (Å²) in [6, 6.07) is 10.7. The summed E-state index contributed by atoms with van der Waals surface area (Å²) in [5, 5.41) is 2.70. The molecule has 1 aliphatic heterocycles. The van der Waals surface area contributed by atoms with Gasteiger partial charge >= 0.3 is 5.97 Å². The number of ether oxygens (including phenoxy) is 1. The van der Waals surface area contributed by atoms with Gasteiger partial charge in [0.1, 0.15) is 0 Å². The van der Waals surface area contributed by atoms with Crippen LogP contribution in [-0.4, -0.2) is 42.2 Å². The molecule has 0 unspecified atom stereocenters. The topological polar surface area (TPSA) is 92.8 Å². The smallest absolute Gasteiger partial charge is 0.337 e. The van der Waals surface area contributed by atoms with Crippen molar-refractivity contribution in [1.82, 2.24) is 4.90 Å². The Morgan fingerprint density at radius 1 is 0.964 bits per heavy atom. The maximum absolute atomic E-state index is 12.5. The molecule has 144 valence electrons. The Kier molecular flexibility index (Phi) is 5.26. The van der Waals surface area contributed by atoms with Gasteiger partial charge in [-0.15, -0.1) is 0 Å². The number of carbonyl (C=O) groups is 4. The van der Waals surface area contributed by atoms with Crippen molar-refractivity contribution in [3.8, 4) is 0 Å². The Hall–Kier alpha value is -3.48. The molecule has 0 fully saturated rings. The van der Waals surface area contributed by atoms with Crippen molar-refractivity contribution >= 4 is 29.4 Å². The number of anilines is 1. The molecular formula is C21H20N2O5. The van der Waals surface area contributed by atoms with Crippen molar-refractivity contribution in [3.63, 3.8) is 0 Å². The Labute approximate surface area is 162 Å². The van der Waals surface area contributed by atoms with Crippen LogP contribution < -0.4 is 5.32 Å². The number of hydrogen-bond acceptors (Lipinski definition) is 5. The number of carbonyl (C=O) groups excluding carboxylic acids is 4. The van der Waals surface area contributed by atoms with Crippen molar-refractivity contribution < 1.29 is 23.9 Å². The lowest BCUT2D eigenvalue weighted by molar-refractivity contribution is 0.0597. The number of imide groups is 1. The molecule has 0 saturated heterocycles. The Morgan fingerprint density at radius 3 is 2.18 bits per heavy atom. The highest BCUT2D eigenvalue weighted by atomic mass is 16.5. The number of rotatable bonds is 5. The lowest BCUT2D eigenvalue weighted by Gasteiger charge is -2.15. The Morgan fingerprint density at radius 2 is 1.57 bits per heavy atom. The average molecular weight is 380 g/mol. The summed E-state index contributed by atoms with van der Waals surface area (Å²) in [6.45, 7) is 4.18. The molecule has 1 aliphatic rings. The van der Waals surface area contributed by atoms with Crippen molar-refractivity contribution in [2.45, 2.75) is 13.8 Å². The highest BCUT2D eigenvalue weighted by molar-refractivity contribution is 6.22. The minimum atomic E-state index is -0.467. The van der Waals surface area contributed by atoms with E-state index in [1.807, 2.05) is 13.8 Å². The van der Waals surface area contributed by atoms with E-state index in [0.717, 1.165) is 0 Å². The van der Waals surface area contributed by atoms with E-state index in [4.69, 9.17) is 0 Å². The van der Waals surface area contributed by atoms with Gasteiger partial charge in [0.2, 0.25) is 0 Å². The maximum atomic E-state index is 12.5. The number of hydrogen-bond donors (Lipinski definition) is 1. The van der Waals surface area contributed by atoms with Crippen molar-refractivity contribution in [1.29, 1.82) is 0 Å². The Balaban J connectivity index is 1.78. The monoisotopic (exact) mass is 380 g/mol. The summed E-state index contributed by atoms with van der Waals surface area (Å²) < 4.78 is 4.63. The van der Waals surface area contributed by atoms with Gasteiger partial charge in [-0.3, -0.25) is 19.3 Å². The molecule has 7 nitrogen and oxygen atoms in total. The summed E-state index contributed by atoms with van der Waals surface area (Å²) in [6.07, 6.45) is 0. The minimum absolute atomic E-state index is 0.151. The quantitative estimate of drug-likeness (QED) is 0.636. The molecule has 28 heavy (non-hydrogen) atoms. The third kappa shape index (κ3) is 3.64. The van der Waals surface area contributed by atoms with Crippen LogP contribution >= 0.6 is 0 Å². The predicted octanol–water partition coefficient (Wildman–Crippen LogP) is 2.98. The highest BCUT2D eigenvalue weighted by Crippen LogP contribution is 2.25. The summed E-state index contributed by atoms with van der Waals surface area (Å²) in [7, 11) is 1.29. The molecule has 0 saturated carbocycles. The molecule has 0 spiro atoms. The van der Waals surface area contributed by atoms with Gasteiger partial charge < -0.3 is 10.1 Å². The first-order chi connectivity index (χ1) is 13.3. The zero-order valence-corrected chi connectivity index (χ0v) is 15.8. The van der Waals surface area contributed by atoms with Crippen LogP contribution in [0.1, 0.15) is 55.3 Å². The van der Waals surface area contributed by atoms with Crippen LogP contribution in [0.25, 0.3) is 0 Å². The first-order valence-electron chi connectivity index (χ1n) is 8.81. The number of nitrogens with one attached hydrogen (secondary N) is 1. The number of benzene rings is 2. The SMILES string of the molecule is COC(=O)c1ccc(NC(=O)c2ccc3c(c2)C(=O)N(CC(C)C)C3=O)cc1. The van der Waals surface area contributed by atoms with Gasteiger partial charge in [0.25, 0.3) is 17.7 Å². The zero-order chi connectivity index (χ0) is 20.4. The van der Waals surface area contributed by atoms with E-state index in [1.54, 1.807) is 12.1 Å². The third-order valence-corrected chi connectivity index (χ3v) is 4.34. The molecule has 0 atom stereocenters. The van der Waals surface area contributed by atoms with E-state index in [-0.39, 0.29) is 28.9 Å². The predicted molar refractivity (Wildman–Crippen MR) is 102 cm³/mol. The fourth-order valence-electron chi connectivity index (χ4n) is 2.97. The highest BCUT2D eigenvalue weighted by Gasteiger charge is 2.36. The second kappa shape index (κ2) is 7.64. The number of methoxy groups -OCH3 is 1. The first kappa shape index (κ1) is 19.3. The first-order valence-corrected chi connectivity index (χ1v) is 8.81. The number of esters is 1. The molecule has 0 aliphatic carbocycles. The molecule has 0 radical (unpaired) electrons. The van der Waals surface area contributed by atoms with Crippen LogP contribution in [0, 0.1) is 5.92 Å². The molecule has 3 amide bonds. The van der Waals surface area contributed by atoms with E-state index >= 15 is 0 Å². The lowest BCUT2D eigenvalue weighted by Crippen LogP contribution is -2.33. The normalized spacial score (nSPS) is 12.9. The number of nitrogens with zero attached hydrogens (tertiary/aromatic N) is 1. The summed E-state index contributed by atoms with van der Waals surface area (Å²) in [4.78, 5) is 50.1. The van der Waals surface area contributed by atoms with Gasteiger partial charge in [-0.25, -0.2) is 4.79 Å². The average Bonchev–Trinajstić information content (AvgIpc) is 2.92. The van der Waals surface area contributed by atoms with Crippen molar-refractivity contribution in [2.75, 3.05) is 19.0 Å². The minimum Gasteiger partial charge on any atom is -0.465 e. The molecule has 2 aromatic rings. The van der Waals surface area contributed by atoms with E-state index in [1.165, 1.54) is 42.3 Å². The van der Waals surface area contributed by atoms with E-state index in [9.17, 15) is 19.2 Å². The summed E-state index contributed by atoms with van der Waals surface area (Å²) in [5.74, 6) is -1.45. The molecule has 1 N–H and O–H groups in total. The van der Waals surface area contributed by atoms with Gasteiger partial charge in [-0.1, -0.05) is 13.8 Å². The molecule has 7 heteroatoms. The fourth-order valence-corrected chi connectivity index (χ4v) is 2.97. The maximum Gasteiger partial charge on any atom is 0.337 e. The van der Waals surface area contributed by atoms with Crippen molar-refractivity contribution in [3.05, 3.63) is 64.7 Å². The van der Waals surface area contributed by atoms with Gasteiger partial charge in [0, 0.05) is 17.8 Å². The fraction of sp³-hybridized carbons (Fsp3) is 0.238. The second-order valence-corrected chi connectivity index (χ2v) is 6.90. The van der Waals surface area contributed by atoms with Crippen LogP contribution in [0.5, 0.6) is 0 Å². The molecule has 2 aromatic carbocycles. The van der Waals surface area contributed by atoms with E-state index in [0.29, 0.717) is 23.4 Å². The number of fused-ring (bicyclic) bond motifs is 1. The van der Waals surface area contributed by atoms with Crippen LogP contribution in [0.2, 0.25) is 0 Å². The molecule has 3 rings (SSSR count). The summed E-state index contributed by atoms with van der Waals surface area (Å²) >= 11 is 0. The largest absolute Gasteiger partial charge is 0.465 e. The van der Waals surface area contributed by atoms with Crippen LogP contribution in [-0.2, 0) is 4.74 Å². The van der Waals surface area contributed by atoms with E-state index in [2.05, 4.69) is 10.1 Å². The molecule has 0 bridgehead atoms. The molecular weight excluding hydrogens is 360 g/mol. The van der Waals surface area contributed by atoms with Gasteiger partial charge in [0.05, 0.1) is 23.8 Å². The van der Waals surface area contributed by atoms with Crippen LogP contribution in [0.3, 0.4) is 0 Å². The van der Waals surface area contributed by atoms with Gasteiger partial charge in [-0.05, 0) is 48.4 Å². The second-order valence-electron chi connectivity index (χ2n) is 6.90. The van der Waals surface area contributed by atoms with Crippen LogP contribution in [0.15, 0.2) is 42.5 Å². The zero-order valence-electron chi connectivity index (χ0n) is 15.8. The number of amides is 3. The Bertz CT molecular complexity index is 963. The standard InChI is InChI=1S/C21H20N2O5/c1-12(2)11-23-19(25)16-9-6-14(10-17(16)20(23)26)18(24)22-15-7-4-13(5-8-15)21(27)28-3/h4-10,12H,11H2,1-3H3,(H,22,24). The van der Waals surface area contributed by atoms with Crippen molar-refractivity contribution in [2.24, 2.45) is 5.92 Å².